The van der Waals surface area contributed by atoms with Gasteiger partial charge in [0.1, 0.15) is 0 Å². The van der Waals surface area contributed by atoms with Gasteiger partial charge >= 0.3 is 0 Å². The third-order valence-corrected chi connectivity index (χ3v) is 6.99. The van der Waals surface area contributed by atoms with Gasteiger partial charge in [-0.2, -0.15) is 0 Å². The fraction of sp³-hybridized carbons (Fsp3) is 0.818. The average Bonchev–Trinajstić information content (AvgIpc) is 3.14. The van der Waals surface area contributed by atoms with E-state index in [0.29, 0.717) is 18.0 Å². The molecule has 1 heterocycles. The number of carbonyl (C=O) groups excluding carboxylic acids is 2. The molecule has 160 valence electrons. The Morgan fingerprint density at radius 1 is 1.14 bits per heavy atom. The van der Waals surface area contributed by atoms with E-state index in [1.54, 1.807) is 6.92 Å². The summed E-state index contributed by atoms with van der Waals surface area (Å²) < 4.78 is 0. The van der Waals surface area contributed by atoms with Crippen LogP contribution >= 0.6 is 11.6 Å². The maximum atomic E-state index is 13.2. The molecule has 0 aromatic carbocycles. The van der Waals surface area contributed by atoms with E-state index < -0.39 is 0 Å². The van der Waals surface area contributed by atoms with Crippen molar-refractivity contribution in [3.8, 4) is 0 Å². The highest BCUT2D eigenvalue weighted by molar-refractivity contribution is 6.20. The molecule has 4 atom stereocenters. The van der Waals surface area contributed by atoms with E-state index in [1.807, 2.05) is 24.9 Å². The lowest BCUT2D eigenvalue weighted by Crippen LogP contribution is -2.52. The first-order valence-electron chi connectivity index (χ1n) is 10.9. The predicted octanol–water partition coefficient (Wildman–Crippen LogP) is 3.70. The van der Waals surface area contributed by atoms with Crippen molar-refractivity contribution in [2.24, 2.45) is 11.7 Å². The van der Waals surface area contributed by atoms with Crippen LogP contribution in [0.5, 0.6) is 0 Å². The average molecular weight is 412 g/mol. The van der Waals surface area contributed by atoms with Crippen molar-refractivity contribution in [2.75, 3.05) is 13.1 Å². The number of likely N-dealkylation sites (tertiary alicyclic amines) is 1. The molecule has 1 amide bonds. The Morgan fingerprint density at radius 3 is 2.36 bits per heavy atom. The number of Topliss-reactive ketones (excluding diaryl/α,β-unsaturated/α-hetero) is 1. The summed E-state index contributed by atoms with van der Waals surface area (Å²) in [5.41, 5.74) is 7.12. The van der Waals surface area contributed by atoms with Gasteiger partial charge in [0, 0.05) is 36.9 Å². The largest absolute Gasteiger partial charge is 0.371 e. The summed E-state index contributed by atoms with van der Waals surface area (Å²) in [7, 11) is 0. The highest BCUT2D eigenvalue weighted by Gasteiger charge is 2.36. The Morgan fingerprint density at radius 2 is 1.79 bits per heavy atom. The number of alkyl halides is 1. The summed E-state index contributed by atoms with van der Waals surface area (Å²) >= 11 is 6.37. The Kier molecular flexibility index (Phi) is 8.81. The summed E-state index contributed by atoms with van der Waals surface area (Å²) in [6, 6.07) is -0.190. The molecule has 28 heavy (non-hydrogen) atoms. The molecule has 1 aliphatic carbocycles. The molecule has 0 aromatic rings. The van der Waals surface area contributed by atoms with Crippen LogP contribution in [0.4, 0.5) is 0 Å². The number of hydrogen-bond donors (Lipinski definition) is 1. The van der Waals surface area contributed by atoms with Gasteiger partial charge < -0.3 is 15.5 Å². The number of halogens is 1. The molecule has 0 spiro atoms. The first kappa shape index (κ1) is 23.2. The Hall–Kier alpha value is -1.07. The topological polar surface area (TPSA) is 66.6 Å². The zero-order chi connectivity index (χ0) is 20.8. The van der Waals surface area contributed by atoms with Gasteiger partial charge in [-0.3, -0.25) is 9.59 Å². The predicted molar refractivity (Wildman–Crippen MR) is 115 cm³/mol. The van der Waals surface area contributed by atoms with Crippen LogP contribution in [0, 0.1) is 5.92 Å². The number of hydrogen-bond acceptors (Lipinski definition) is 4. The summed E-state index contributed by atoms with van der Waals surface area (Å²) in [5.74, 6) is 0.478. The van der Waals surface area contributed by atoms with E-state index in [2.05, 4.69) is 11.8 Å². The lowest BCUT2D eigenvalue weighted by Gasteiger charge is -2.37. The zero-order valence-electron chi connectivity index (χ0n) is 18.0. The van der Waals surface area contributed by atoms with Gasteiger partial charge in [-0.15, -0.1) is 11.6 Å². The van der Waals surface area contributed by atoms with Crippen molar-refractivity contribution in [3.05, 3.63) is 11.8 Å². The summed E-state index contributed by atoms with van der Waals surface area (Å²) in [6.45, 7) is 8.90. The fourth-order valence-electron chi connectivity index (χ4n) is 4.39. The van der Waals surface area contributed by atoms with Crippen molar-refractivity contribution in [1.29, 1.82) is 0 Å². The Labute approximate surface area is 175 Å². The standard InChI is InChI=1S/C22H38ClN3O2/c1-15(18(4)27)13-25(17(3)16(2)23)14-20-11-8-12-26(20)22(28)21(24)19-9-6-5-7-10-19/h13,16-17,19-21H,5-12,14,24H2,1-4H3/b15-13+/t16-,17?,20-,21-/m0/s1. The van der Waals surface area contributed by atoms with Gasteiger partial charge in [0.15, 0.2) is 5.78 Å². The van der Waals surface area contributed by atoms with Crippen LogP contribution in [0.15, 0.2) is 11.8 Å². The lowest BCUT2D eigenvalue weighted by molar-refractivity contribution is -0.135. The molecule has 2 rings (SSSR count). The first-order chi connectivity index (χ1) is 13.2. The molecular weight excluding hydrogens is 374 g/mol. The van der Waals surface area contributed by atoms with Crippen molar-refractivity contribution in [3.63, 3.8) is 0 Å². The first-order valence-corrected chi connectivity index (χ1v) is 11.3. The molecule has 0 bridgehead atoms. The van der Waals surface area contributed by atoms with E-state index in [4.69, 9.17) is 17.3 Å². The molecule has 1 saturated heterocycles. The lowest BCUT2D eigenvalue weighted by atomic mass is 9.83. The number of nitrogens with two attached hydrogens (primary N) is 1. The minimum atomic E-state index is -0.381. The van der Waals surface area contributed by atoms with Crippen LogP contribution in [0.1, 0.15) is 72.6 Å². The van der Waals surface area contributed by atoms with E-state index in [-0.39, 0.29) is 35.2 Å². The quantitative estimate of drug-likeness (QED) is 0.488. The van der Waals surface area contributed by atoms with Crippen LogP contribution in [0.2, 0.25) is 0 Å². The van der Waals surface area contributed by atoms with Gasteiger partial charge in [0.25, 0.3) is 0 Å². The monoisotopic (exact) mass is 411 g/mol. The number of rotatable bonds is 8. The van der Waals surface area contributed by atoms with Gasteiger partial charge in [0.2, 0.25) is 5.91 Å². The van der Waals surface area contributed by atoms with Gasteiger partial charge in [-0.05, 0) is 59.3 Å². The number of allylic oxidation sites excluding steroid dienone is 1. The zero-order valence-corrected chi connectivity index (χ0v) is 18.8. The second kappa shape index (κ2) is 10.6. The maximum absolute atomic E-state index is 13.2. The van der Waals surface area contributed by atoms with E-state index in [0.717, 1.165) is 32.2 Å². The molecule has 2 aliphatic rings. The molecule has 1 saturated carbocycles. The third-order valence-electron chi connectivity index (χ3n) is 6.63. The molecule has 2 fully saturated rings. The summed E-state index contributed by atoms with van der Waals surface area (Å²) in [6.07, 6.45) is 9.64. The van der Waals surface area contributed by atoms with Gasteiger partial charge in [-0.25, -0.2) is 0 Å². The molecule has 2 N–H and O–H groups in total. The van der Waals surface area contributed by atoms with Crippen LogP contribution in [-0.2, 0) is 9.59 Å². The highest BCUT2D eigenvalue weighted by atomic mass is 35.5. The normalized spacial score (nSPS) is 24.7. The third kappa shape index (κ3) is 5.96. The second-order valence-corrected chi connectivity index (χ2v) is 9.42. The van der Waals surface area contributed by atoms with Crippen LogP contribution in [0.25, 0.3) is 0 Å². The number of ketones is 1. The minimum Gasteiger partial charge on any atom is -0.371 e. The van der Waals surface area contributed by atoms with E-state index in [1.165, 1.54) is 19.3 Å². The maximum Gasteiger partial charge on any atom is 0.240 e. The van der Waals surface area contributed by atoms with Crippen LogP contribution in [-0.4, -0.2) is 58.1 Å². The van der Waals surface area contributed by atoms with E-state index in [9.17, 15) is 9.59 Å². The van der Waals surface area contributed by atoms with Gasteiger partial charge in [-0.1, -0.05) is 19.3 Å². The van der Waals surface area contributed by atoms with Gasteiger partial charge in [0.05, 0.1) is 11.4 Å². The number of nitrogens with zero attached hydrogens (tertiary/aromatic N) is 2. The Balaban J connectivity index is 2.10. The summed E-state index contributed by atoms with van der Waals surface area (Å²) in [5, 5.41) is -0.0638. The molecule has 0 aromatic heterocycles. The number of amides is 1. The summed E-state index contributed by atoms with van der Waals surface area (Å²) in [4.78, 5) is 29.0. The second-order valence-electron chi connectivity index (χ2n) is 8.73. The van der Waals surface area contributed by atoms with Crippen molar-refractivity contribution >= 4 is 23.3 Å². The highest BCUT2D eigenvalue weighted by Crippen LogP contribution is 2.29. The molecule has 5 nitrogen and oxygen atoms in total. The Bertz CT molecular complexity index is 572. The molecule has 6 heteroatoms. The molecule has 0 radical (unpaired) electrons. The fourth-order valence-corrected chi connectivity index (χ4v) is 4.53. The minimum absolute atomic E-state index is 0.0538. The molecule has 1 aliphatic heterocycles. The number of carbonyl (C=O) groups is 2. The van der Waals surface area contributed by atoms with Crippen LogP contribution < -0.4 is 5.73 Å². The van der Waals surface area contributed by atoms with E-state index >= 15 is 0 Å². The van der Waals surface area contributed by atoms with Crippen molar-refractivity contribution in [2.45, 2.75) is 96.1 Å². The SMILES string of the molecule is CC(=O)/C(C)=C/N(C[C@@H]1CCCN1C(=O)[C@@H](N)C1CCCCC1)C(C)[C@H](C)Cl. The molecular formula is C22H38ClN3O2. The van der Waals surface area contributed by atoms with Crippen LogP contribution in [0.3, 0.4) is 0 Å². The molecule has 1 unspecified atom stereocenters. The van der Waals surface area contributed by atoms with Crippen molar-refractivity contribution < 1.29 is 9.59 Å². The van der Waals surface area contributed by atoms with Crippen molar-refractivity contribution in [1.82, 2.24) is 9.80 Å². The smallest absolute Gasteiger partial charge is 0.240 e.